The lowest BCUT2D eigenvalue weighted by Gasteiger charge is -2.05. The highest BCUT2D eigenvalue weighted by molar-refractivity contribution is 5.83. The fraction of sp³-hybridized carbons (Fsp3) is 0.0714. The number of halogens is 3. The van der Waals surface area contributed by atoms with Crippen molar-refractivity contribution >= 4 is 10.9 Å². The Morgan fingerprint density at radius 1 is 1.14 bits per heavy atom. The second kappa shape index (κ2) is 5.01. The number of H-pyrrole nitrogens is 1. The molecule has 0 amide bonds. The summed E-state index contributed by atoms with van der Waals surface area (Å²) in [4.78, 5) is 21.7. The Bertz CT molecular complexity index is 859. The van der Waals surface area contributed by atoms with E-state index < -0.39 is 17.8 Å². The summed E-state index contributed by atoms with van der Waals surface area (Å²) in [5.74, 6) is -0.668. The lowest BCUT2D eigenvalue weighted by molar-refractivity contribution is 0.151. The van der Waals surface area contributed by atoms with Crippen LogP contribution in [-0.2, 0) is 0 Å². The van der Waals surface area contributed by atoms with Crippen LogP contribution in [0.5, 0.6) is 0 Å². The van der Waals surface area contributed by atoms with E-state index in [0.29, 0.717) is 5.52 Å². The van der Waals surface area contributed by atoms with Crippen LogP contribution in [0.25, 0.3) is 22.2 Å². The number of alkyl halides is 2. The molecule has 21 heavy (non-hydrogen) atoms. The van der Waals surface area contributed by atoms with E-state index in [4.69, 9.17) is 0 Å². The minimum Gasteiger partial charge on any atom is -0.313 e. The van der Waals surface area contributed by atoms with Gasteiger partial charge in [-0.2, -0.15) is 0 Å². The molecule has 0 aliphatic rings. The molecule has 2 aromatic heterocycles. The van der Waals surface area contributed by atoms with Crippen molar-refractivity contribution in [3.63, 3.8) is 0 Å². The molecule has 1 N–H and O–H groups in total. The Balaban J connectivity index is 2.16. The Morgan fingerprint density at radius 3 is 2.62 bits per heavy atom. The van der Waals surface area contributed by atoms with Gasteiger partial charge in [-0.25, -0.2) is 18.2 Å². The number of aromatic amines is 1. The Kier molecular flexibility index (Phi) is 3.17. The minimum atomic E-state index is -2.63. The summed E-state index contributed by atoms with van der Waals surface area (Å²) < 4.78 is 39.0. The fourth-order valence-corrected chi connectivity index (χ4v) is 1.98. The van der Waals surface area contributed by atoms with Gasteiger partial charge >= 0.3 is 0 Å². The van der Waals surface area contributed by atoms with Crippen LogP contribution in [0, 0.1) is 5.82 Å². The number of aromatic nitrogens is 3. The van der Waals surface area contributed by atoms with E-state index in [1.54, 1.807) is 0 Å². The first-order chi connectivity index (χ1) is 10.1. The standard InChI is InChI=1S/C14H8F3N3O/c15-10-3-9-12(19-6-20-14(9)21)4-8(10)11-2-1-7(5-18-11)13(16)17/h1-6,13H,(H,19,20,21). The summed E-state index contributed by atoms with van der Waals surface area (Å²) in [7, 11) is 0. The van der Waals surface area contributed by atoms with Crippen molar-refractivity contribution in [1.82, 2.24) is 15.0 Å². The van der Waals surface area contributed by atoms with Crippen molar-refractivity contribution in [3.05, 3.63) is 58.5 Å². The van der Waals surface area contributed by atoms with Crippen LogP contribution in [0.4, 0.5) is 13.2 Å². The summed E-state index contributed by atoms with van der Waals surface area (Å²) >= 11 is 0. The summed E-state index contributed by atoms with van der Waals surface area (Å²) in [5, 5.41) is 0.114. The van der Waals surface area contributed by atoms with Crippen LogP contribution in [-0.4, -0.2) is 15.0 Å². The number of hydrogen-bond acceptors (Lipinski definition) is 3. The predicted molar refractivity (Wildman–Crippen MR) is 70.5 cm³/mol. The molecule has 0 radical (unpaired) electrons. The zero-order valence-electron chi connectivity index (χ0n) is 10.5. The first-order valence-electron chi connectivity index (χ1n) is 5.97. The molecule has 7 heteroatoms. The average molecular weight is 291 g/mol. The molecular formula is C14H8F3N3O. The van der Waals surface area contributed by atoms with Gasteiger partial charge in [-0.15, -0.1) is 0 Å². The number of pyridine rings is 1. The lowest BCUT2D eigenvalue weighted by atomic mass is 10.1. The minimum absolute atomic E-state index is 0.0985. The zero-order valence-corrected chi connectivity index (χ0v) is 10.5. The number of benzene rings is 1. The van der Waals surface area contributed by atoms with Crippen LogP contribution in [0.15, 0.2) is 41.6 Å². The third-order valence-corrected chi connectivity index (χ3v) is 3.04. The normalized spacial score (nSPS) is 11.2. The maximum absolute atomic E-state index is 14.1. The van der Waals surface area contributed by atoms with Crippen molar-refractivity contribution in [2.75, 3.05) is 0 Å². The molecule has 0 bridgehead atoms. The smallest absolute Gasteiger partial charge is 0.265 e. The maximum atomic E-state index is 14.1. The van der Waals surface area contributed by atoms with E-state index in [0.717, 1.165) is 12.3 Å². The second-order valence-corrected chi connectivity index (χ2v) is 4.36. The number of fused-ring (bicyclic) bond motifs is 1. The molecule has 4 nitrogen and oxygen atoms in total. The van der Waals surface area contributed by atoms with E-state index in [1.165, 1.54) is 24.5 Å². The Labute approximate surface area is 116 Å². The van der Waals surface area contributed by atoms with Crippen LogP contribution in [0.3, 0.4) is 0 Å². The zero-order chi connectivity index (χ0) is 15.0. The van der Waals surface area contributed by atoms with Crippen molar-refractivity contribution in [2.24, 2.45) is 0 Å². The van der Waals surface area contributed by atoms with Gasteiger partial charge in [0.05, 0.1) is 22.9 Å². The van der Waals surface area contributed by atoms with Crippen LogP contribution in [0.1, 0.15) is 12.0 Å². The molecule has 0 aliphatic carbocycles. The third-order valence-electron chi connectivity index (χ3n) is 3.04. The van der Waals surface area contributed by atoms with E-state index in [9.17, 15) is 18.0 Å². The molecule has 1 aromatic carbocycles. The van der Waals surface area contributed by atoms with E-state index in [-0.39, 0.29) is 22.2 Å². The molecule has 0 unspecified atom stereocenters. The molecule has 0 saturated heterocycles. The van der Waals surface area contributed by atoms with Crippen LogP contribution in [0.2, 0.25) is 0 Å². The monoisotopic (exact) mass is 291 g/mol. The number of hydrogen-bond donors (Lipinski definition) is 1. The number of nitrogens with zero attached hydrogens (tertiary/aromatic N) is 2. The van der Waals surface area contributed by atoms with Crippen molar-refractivity contribution in [1.29, 1.82) is 0 Å². The average Bonchev–Trinajstić information content (AvgIpc) is 2.48. The Morgan fingerprint density at radius 2 is 1.95 bits per heavy atom. The molecule has 0 atom stereocenters. The van der Waals surface area contributed by atoms with Gasteiger partial charge in [0.25, 0.3) is 12.0 Å². The van der Waals surface area contributed by atoms with E-state index in [1.807, 2.05) is 0 Å². The van der Waals surface area contributed by atoms with Crippen molar-refractivity contribution < 1.29 is 13.2 Å². The quantitative estimate of drug-likeness (QED) is 0.789. The summed E-state index contributed by atoms with van der Waals surface area (Å²) in [6.45, 7) is 0. The topological polar surface area (TPSA) is 58.6 Å². The van der Waals surface area contributed by atoms with Gasteiger partial charge in [-0.1, -0.05) is 0 Å². The van der Waals surface area contributed by atoms with Crippen molar-refractivity contribution in [2.45, 2.75) is 6.43 Å². The first kappa shape index (κ1) is 13.3. The highest BCUT2D eigenvalue weighted by Crippen LogP contribution is 2.26. The van der Waals surface area contributed by atoms with Crippen LogP contribution >= 0.6 is 0 Å². The first-order valence-corrected chi connectivity index (χ1v) is 5.97. The highest BCUT2D eigenvalue weighted by atomic mass is 19.3. The lowest BCUT2D eigenvalue weighted by Crippen LogP contribution is -2.07. The number of rotatable bonds is 2. The highest BCUT2D eigenvalue weighted by Gasteiger charge is 2.12. The molecule has 0 fully saturated rings. The third kappa shape index (κ3) is 2.37. The maximum Gasteiger partial charge on any atom is 0.265 e. The SMILES string of the molecule is O=c1[nH]cnc2cc(-c3ccc(C(F)F)cn3)c(F)cc12. The molecule has 3 aromatic rings. The van der Waals surface area contributed by atoms with Gasteiger partial charge in [0.2, 0.25) is 0 Å². The van der Waals surface area contributed by atoms with Gasteiger partial charge in [0, 0.05) is 17.3 Å². The Hall–Kier alpha value is -2.70. The van der Waals surface area contributed by atoms with E-state index >= 15 is 0 Å². The summed E-state index contributed by atoms with van der Waals surface area (Å²) in [5.41, 5.74) is -0.0989. The molecule has 106 valence electrons. The summed E-state index contributed by atoms with van der Waals surface area (Å²) in [6.07, 6.45) is -0.428. The van der Waals surface area contributed by atoms with Gasteiger partial charge in [0.1, 0.15) is 5.82 Å². The van der Waals surface area contributed by atoms with Crippen molar-refractivity contribution in [3.8, 4) is 11.3 Å². The molecule has 0 spiro atoms. The van der Waals surface area contributed by atoms with Crippen LogP contribution < -0.4 is 5.56 Å². The van der Waals surface area contributed by atoms with E-state index in [2.05, 4.69) is 15.0 Å². The van der Waals surface area contributed by atoms with Gasteiger partial charge in [0.15, 0.2) is 0 Å². The molecule has 0 aliphatic heterocycles. The van der Waals surface area contributed by atoms with Gasteiger partial charge in [-0.3, -0.25) is 9.78 Å². The molecule has 2 heterocycles. The fourth-order valence-electron chi connectivity index (χ4n) is 1.98. The molecular weight excluding hydrogens is 283 g/mol. The number of nitrogens with one attached hydrogen (secondary N) is 1. The molecule has 3 rings (SSSR count). The molecule has 0 saturated carbocycles. The second-order valence-electron chi connectivity index (χ2n) is 4.36. The van der Waals surface area contributed by atoms with Gasteiger partial charge in [-0.05, 0) is 24.3 Å². The summed E-state index contributed by atoms with van der Waals surface area (Å²) in [6, 6.07) is 4.91. The van der Waals surface area contributed by atoms with Gasteiger partial charge < -0.3 is 4.98 Å². The largest absolute Gasteiger partial charge is 0.313 e. The predicted octanol–water partition coefficient (Wildman–Crippen LogP) is 3.06.